The van der Waals surface area contributed by atoms with E-state index in [2.05, 4.69) is 10.3 Å². The van der Waals surface area contributed by atoms with Gasteiger partial charge in [0.25, 0.3) is 5.91 Å². The standard InChI is InChI=1S/C19H13ClF2N2O3S/c1-10(27-18(26)12-7-14(21)15(22)8-13(12)20)17(25)24-19-23-16(9-28-19)11-5-3-2-4-6-11/h2-10H,1H3,(H,23,24,25). The summed E-state index contributed by atoms with van der Waals surface area (Å²) in [7, 11) is 0. The Hall–Kier alpha value is -2.84. The molecule has 0 saturated carbocycles. The van der Waals surface area contributed by atoms with E-state index >= 15 is 0 Å². The quantitative estimate of drug-likeness (QED) is 0.468. The molecular formula is C19H13ClF2N2O3S. The lowest BCUT2D eigenvalue weighted by Gasteiger charge is -2.13. The fourth-order valence-electron chi connectivity index (χ4n) is 2.24. The molecule has 0 radical (unpaired) electrons. The summed E-state index contributed by atoms with van der Waals surface area (Å²) in [6.45, 7) is 1.34. The van der Waals surface area contributed by atoms with Gasteiger partial charge in [0.15, 0.2) is 22.9 Å². The van der Waals surface area contributed by atoms with Gasteiger partial charge < -0.3 is 4.74 Å². The SMILES string of the molecule is CC(OC(=O)c1cc(F)c(F)cc1Cl)C(=O)Nc1nc(-c2ccccc2)cs1. The van der Waals surface area contributed by atoms with E-state index in [0.717, 1.165) is 5.56 Å². The summed E-state index contributed by atoms with van der Waals surface area (Å²) in [4.78, 5) is 28.6. The summed E-state index contributed by atoms with van der Waals surface area (Å²) in [5.74, 6) is -4.10. The monoisotopic (exact) mass is 422 g/mol. The summed E-state index contributed by atoms with van der Waals surface area (Å²) >= 11 is 6.95. The normalized spacial score (nSPS) is 11.7. The zero-order valence-corrected chi connectivity index (χ0v) is 16.0. The number of hydrogen-bond acceptors (Lipinski definition) is 5. The molecule has 3 rings (SSSR count). The van der Waals surface area contributed by atoms with Crippen molar-refractivity contribution in [1.82, 2.24) is 4.98 Å². The largest absolute Gasteiger partial charge is 0.449 e. The Labute approximate surface area is 167 Å². The number of halogens is 3. The number of ether oxygens (including phenoxy) is 1. The summed E-state index contributed by atoms with van der Waals surface area (Å²) in [6.07, 6.45) is -1.21. The van der Waals surface area contributed by atoms with E-state index in [1.807, 2.05) is 30.3 Å². The van der Waals surface area contributed by atoms with E-state index in [0.29, 0.717) is 23.0 Å². The first-order valence-corrected chi connectivity index (χ1v) is 9.28. The Balaban J connectivity index is 1.64. The molecule has 0 fully saturated rings. The molecule has 9 heteroatoms. The van der Waals surface area contributed by atoms with Crippen molar-refractivity contribution in [3.05, 3.63) is 70.1 Å². The minimum Gasteiger partial charge on any atom is -0.449 e. The first-order valence-electron chi connectivity index (χ1n) is 8.02. The lowest BCUT2D eigenvalue weighted by Crippen LogP contribution is -2.30. The predicted molar refractivity (Wildman–Crippen MR) is 102 cm³/mol. The van der Waals surface area contributed by atoms with Crippen LogP contribution in [-0.2, 0) is 9.53 Å². The molecule has 1 N–H and O–H groups in total. The average molecular weight is 423 g/mol. The van der Waals surface area contributed by atoms with Gasteiger partial charge in [-0.3, -0.25) is 10.1 Å². The molecule has 3 aromatic rings. The highest BCUT2D eigenvalue weighted by Gasteiger charge is 2.23. The molecule has 0 spiro atoms. The number of anilines is 1. The van der Waals surface area contributed by atoms with E-state index < -0.39 is 29.6 Å². The fourth-order valence-corrected chi connectivity index (χ4v) is 3.19. The Kier molecular flexibility index (Phi) is 6.01. The summed E-state index contributed by atoms with van der Waals surface area (Å²) in [6, 6.07) is 10.7. The molecule has 2 aromatic carbocycles. The number of hydrogen-bond donors (Lipinski definition) is 1. The highest BCUT2D eigenvalue weighted by molar-refractivity contribution is 7.14. The first kappa shape index (κ1) is 19.9. The average Bonchev–Trinajstić information content (AvgIpc) is 3.13. The molecule has 0 aliphatic heterocycles. The second kappa shape index (κ2) is 8.45. The number of nitrogens with one attached hydrogen (secondary N) is 1. The van der Waals surface area contributed by atoms with Crippen LogP contribution in [0.1, 0.15) is 17.3 Å². The Morgan fingerprint density at radius 1 is 1.18 bits per heavy atom. The van der Waals surface area contributed by atoms with E-state index in [4.69, 9.17) is 16.3 Å². The van der Waals surface area contributed by atoms with Crippen LogP contribution in [0.25, 0.3) is 11.3 Å². The molecule has 0 aliphatic rings. The second-order valence-corrected chi connectivity index (χ2v) is 6.95. The van der Waals surface area contributed by atoms with Crippen LogP contribution in [0.15, 0.2) is 47.8 Å². The van der Waals surface area contributed by atoms with Gasteiger partial charge in [0.1, 0.15) is 0 Å². The topological polar surface area (TPSA) is 68.3 Å². The van der Waals surface area contributed by atoms with Crippen molar-refractivity contribution in [3.8, 4) is 11.3 Å². The van der Waals surface area contributed by atoms with Crippen LogP contribution in [0.4, 0.5) is 13.9 Å². The van der Waals surface area contributed by atoms with Crippen molar-refractivity contribution in [3.63, 3.8) is 0 Å². The zero-order valence-electron chi connectivity index (χ0n) is 14.4. The van der Waals surface area contributed by atoms with Gasteiger partial charge >= 0.3 is 5.97 Å². The van der Waals surface area contributed by atoms with E-state index in [1.54, 1.807) is 5.38 Å². The number of amides is 1. The van der Waals surface area contributed by atoms with Crippen LogP contribution in [0.2, 0.25) is 5.02 Å². The number of thiazole rings is 1. The molecule has 0 saturated heterocycles. The minimum atomic E-state index is -1.25. The van der Waals surface area contributed by atoms with Crippen LogP contribution < -0.4 is 5.32 Å². The molecule has 1 atom stereocenters. The van der Waals surface area contributed by atoms with E-state index in [1.165, 1.54) is 18.3 Å². The van der Waals surface area contributed by atoms with E-state index in [9.17, 15) is 18.4 Å². The molecule has 1 heterocycles. The highest BCUT2D eigenvalue weighted by Crippen LogP contribution is 2.25. The van der Waals surface area contributed by atoms with Crippen molar-refractivity contribution in [2.75, 3.05) is 5.32 Å². The maximum absolute atomic E-state index is 13.3. The molecule has 1 aromatic heterocycles. The molecular weight excluding hydrogens is 410 g/mol. The molecule has 5 nitrogen and oxygen atoms in total. The Bertz CT molecular complexity index is 1030. The van der Waals surface area contributed by atoms with Crippen molar-refractivity contribution < 1.29 is 23.1 Å². The Morgan fingerprint density at radius 2 is 1.86 bits per heavy atom. The van der Waals surface area contributed by atoms with E-state index in [-0.39, 0.29) is 10.6 Å². The lowest BCUT2D eigenvalue weighted by atomic mass is 10.2. The van der Waals surface area contributed by atoms with Crippen LogP contribution in [0, 0.1) is 11.6 Å². The molecule has 144 valence electrons. The summed E-state index contributed by atoms with van der Waals surface area (Å²) < 4.78 is 31.4. The Morgan fingerprint density at radius 3 is 2.57 bits per heavy atom. The maximum atomic E-state index is 13.3. The van der Waals surface area contributed by atoms with Gasteiger partial charge in [-0.1, -0.05) is 41.9 Å². The maximum Gasteiger partial charge on any atom is 0.340 e. The fraction of sp³-hybridized carbons (Fsp3) is 0.105. The van der Waals surface area contributed by atoms with Gasteiger partial charge in [0.05, 0.1) is 16.3 Å². The molecule has 1 unspecified atom stereocenters. The first-order chi connectivity index (χ1) is 13.3. The number of aromatic nitrogens is 1. The van der Waals surface area contributed by atoms with Crippen LogP contribution >= 0.6 is 22.9 Å². The van der Waals surface area contributed by atoms with Gasteiger partial charge in [0, 0.05) is 10.9 Å². The number of carbonyl (C=O) groups excluding carboxylic acids is 2. The number of nitrogens with zero attached hydrogens (tertiary/aromatic N) is 1. The van der Waals surface area contributed by atoms with Crippen LogP contribution in [0.5, 0.6) is 0 Å². The zero-order chi connectivity index (χ0) is 20.3. The molecule has 0 bridgehead atoms. The second-order valence-electron chi connectivity index (χ2n) is 5.69. The minimum absolute atomic E-state index is 0.316. The van der Waals surface area contributed by atoms with Gasteiger partial charge in [-0.2, -0.15) is 0 Å². The third kappa shape index (κ3) is 4.52. The van der Waals surface area contributed by atoms with Crippen molar-refractivity contribution in [2.24, 2.45) is 0 Å². The van der Waals surface area contributed by atoms with Crippen molar-refractivity contribution in [1.29, 1.82) is 0 Å². The molecule has 0 aliphatic carbocycles. The van der Waals surface area contributed by atoms with Crippen LogP contribution in [-0.4, -0.2) is 23.0 Å². The molecule has 1 amide bonds. The number of carbonyl (C=O) groups is 2. The lowest BCUT2D eigenvalue weighted by molar-refractivity contribution is -0.123. The van der Waals surface area contributed by atoms with Crippen LogP contribution in [0.3, 0.4) is 0 Å². The summed E-state index contributed by atoms with van der Waals surface area (Å²) in [5, 5.41) is 4.34. The third-order valence-corrected chi connectivity index (χ3v) is 4.76. The van der Waals surface area contributed by atoms with Gasteiger partial charge in [-0.15, -0.1) is 11.3 Å². The number of esters is 1. The van der Waals surface area contributed by atoms with Gasteiger partial charge in [-0.25, -0.2) is 18.6 Å². The highest BCUT2D eigenvalue weighted by atomic mass is 35.5. The number of rotatable bonds is 5. The van der Waals surface area contributed by atoms with Gasteiger partial charge in [-0.05, 0) is 19.1 Å². The summed E-state index contributed by atoms with van der Waals surface area (Å²) in [5.41, 5.74) is 1.21. The predicted octanol–water partition coefficient (Wildman–Crippen LogP) is 4.93. The third-order valence-electron chi connectivity index (χ3n) is 3.69. The van der Waals surface area contributed by atoms with Crippen molar-refractivity contribution in [2.45, 2.75) is 13.0 Å². The molecule has 28 heavy (non-hydrogen) atoms. The smallest absolute Gasteiger partial charge is 0.340 e. The van der Waals surface area contributed by atoms with Crippen molar-refractivity contribution >= 4 is 39.9 Å². The van der Waals surface area contributed by atoms with Gasteiger partial charge in [0.2, 0.25) is 0 Å². The number of benzene rings is 2.